The number of pyridine rings is 1. The maximum atomic E-state index is 14.2. The molecule has 0 saturated carbocycles. The van der Waals surface area contributed by atoms with Crippen LogP contribution >= 0.6 is 0 Å². The highest BCUT2D eigenvalue weighted by Crippen LogP contribution is 2.37. The van der Waals surface area contributed by atoms with Gasteiger partial charge in [0.1, 0.15) is 30.2 Å². The van der Waals surface area contributed by atoms with Crippen molar-refractivity contribution in [2.75, 3.05) is 6.61 Å². The van der Waals surface area contributed by atoms with Crippen molar-refractivity contribution in [2.24, 2.45) is 0 Å². The number of fused-ring (bicyclic) bond motifs is 3. The van der Waals surface area contributed by atoms with Crippen LogP contribution in [0.5, 0.6) is 5.75 Å². The molecular weight excluding hydrogens is 371 g/mol. The Kier molecular flexibility index (Phi) is 4.12. The molecular formula is C21H19FN6O. The first-order valence-corrected chi connectivity index (χ1v) is 9.47. The molecule has 0 fully saturated rings. The van der Waals surface area contributed by atoms with Crippen LogP contribution in [0.25, 0.3) is 34.0 Å². The van der Waals surface area contributed by atoms with E-state index in [2.05, 4.69) is 28.9 Å². The van der Waals surface area contributed by atoms with Gasteiger partial charge in [0, 0.05) is 24.0 Å². The van der Waals surface area contributed by atoms with Crippen LogP contribution in [0.2, 0.25) is 0 Å². The van der Waals surface area contributed by atoms with Gasteiger partial charge in [0.25, 0.3) is 0 Å². The van der Waals surface area contributed by atoms with Crippen LogP contribution in [0.4, 0.5) is 4.39 Å². The number of imidazole rings is 1. The Hall–Kier alpha value is -3.55. The van der Waals surface area contributed by atoms with E-state index in [1.54, 1.807) is 18.5 Å². The Bertz CT molecular complexity index is 1200. The normalized spacial score (nSPS) is 13.0. The number of rotatable bonds is 3. The topological polar surface area (TPSA) is 70.7 Å². The second-order valence-corrected chi connectivity index (χ2v) is 7.17. The summed E-state index contributed by atoms with van der Waals surface area (Å²) in [6.07, 6.45) is 4.95. The van der Waals surface area contributed by atoms with Gasteiger partial charge < -0.3 is 9.30 Å². The molecule has 1 aliphatic heterocycles. The molecule has 0 radical (unpaired) electrons. The van der Waals surface area contributed by atoms with E-state index >= 15 is 0 Å². The van der Waals surface area contributed by atoms with E-state index in [1.807, 2.05) is 33.6 Å². The Labute approximate surface area is 166 Å². The Morgan fingerprint density at radius 2 is 2.00 bits per heavy atom. The Morgan fingerprint density at radius 3 is 2.83 bits per heavy atom. The summed E-state index contributed by atoms with van der Waals surface area (Å²) >= 11 is 0. The largest absolute Gasteiger partial charge is 0.491 e. The van der Waals surface area contributed by atoms with Gasteiger partial charge in [0.05, 0.1) is 12.1 Å². The van der Waals surface area contributed by atoms with Gasteiger partial charge in [-0.15, -0.1) is 0 Å². The van der Waals surface area contributed by atoms with Gasteiger partial charge in [0.15, 0.2) is 5.82 Å². The highest BCUT2D eigenvalue weighted by molar-refractivity contribution is 5.76. The van der Waals surface area contributed by atoms with Gasteiger partial charge in [-0.2, -0.15) is 9.49 Å². The van der Waals surface area contributed by atoms with Crippen molar-refractivity contribution in [3.8, 4) is 39.8 Å². The quantitative estimate of drug-likeness (QED) is 0.495. The first-order chi connectivity index (χ1) is 14.1. The van der Waals surface area contributed by atoms with Crippen molar-refractivity contribution < 1.29 is 9.13 Å². The van der Waals surface area contributed by atoms with Gasteiger partial charge in [-0.05, 0) is 43.7 Å². The maximum absolute atomic E-state index is 14.2. The van der Waals surface area contributed by atoms with Crippen molar-refractivity contribution in [1.29, 1.82) is 0 Å². The second kappa shape index (κ2) is 6.80. The summed E-state index contributed by atoms with van der Waals surface area (Å²) in [4.78, 5) is 13.0. The average Bonchev–Trinajstić information content (AvgIpc) is 3.33. The molecule has 0 unspecified atom stereocenters. The molecule has 0 aliphatic carbocycles. The van der Waals surface area contributed by atoms with Crippen LogP contribution in [-0.4, -0.2) is 35.9 Å². The molecule has 7 nitrogen and oxygen atoms in total. The van der Waals surface area contributed by atoms with Crippen molar-refractivity contribution in [2.45, 2.75) is 26.4 Å². The molecule has 0 N–H and O–H groups in total. The summed E-state index contributed by atoms with van der Waals surface area (Å²) < 4.78 is 24.0. The molecule has 146 valence electrons. The minimum Gasteiger partial charge on any atom is -0.491 e. The number of nitrogens with zero attached hydrogens (tertiary/aromatic N) is 6. The first kappa shape index (κ1) is 17.5. The fourth-order valence-corrected chi connectivity index (χ4v) is 3.57. The molecule has 4 aromatic rings. The summed E-state index contributed by atoms with van der Waals surface area (Å²) in [6.45, 7) is 5.28. The van der Waals surface area contributed by atoms with E-state index in [9.17, 15) is 4.39 Å². The van der Waals surface area contributed by atoms with Crippen LogP contribution < -0.4 is 4.74 Å². The van der Waals surface area contributed by atoms with Crippen molar-refractivity contribution in [3.63, 3.8) is 0 Å². The van der Waals surface area contributed by atoms with Gasteiger partial charge in [0.2, 0.25) is 5.95 Å². The minimum absolute atomic E-state index is 0.171. The van der Waals surface area contributed by atoms with Crippen LogP contribution in [0.1, 0.15) is 19.9 Å². The zero-order valence-corrected chi connectivity index (χ0v) is 16.1. The molecule has 0 saturated heterocycles. The second-order valence-electron chi connectivity index (χ2n) is 7.17. The van der Waals surface area contributed by atoms with E-state index in [0.29, 0.717) is 18.7 Å². The third-order valence-electron chi connectivity index (χ3n) is 4.95. The lowest BCUT2D eigenvalue weighted by Crippen LogP contribution is -2.06. The predicted molar refractivity (Wildman–Crippen MR) is 106 cm³/mol. The van der Waals surface area contributed by atoms with E-state index in [0.717, 1.165) is 34.2 Å². The van der Waals surface area contributed by atoms with E-state index in [4.69, 9.17) is 9.72 Å². The van der Waals surface area contributed by atoms with E-state index < -0.39 is 5.95 Å². The van der Waals surface area contributed by atoms with Crippen molar-refractivity contribution in [3.05, 3.63) is 55.0 Å². The molecule has 0 bridgehead atoms. The van der Waals surface area contributed by atoms with E-state index in [-0.39, 0.29) is 6.04 Å². The molecule has 4 heterocycles. The zero-order chi connectivity index (χ0) is 20.0. The molecule has 29 heavy (non-hydrogen) atoms. The summed E-state index contributed by atoms with van der Waals surface area (Å²) in [5.41, 5.74) is 2.72. The third kappa shape index (κ3) is 2.97. The average molecular weight is 390 g/mol. The lowest BCUT2D eigenvalue weighted by Gasteiger charge is -2.10. The monoisotopic (exact) mass is 390 g/mol. The van der Waals surface area contributed by atoms with Gasteiger partial charge in [-0.25, -0.2) is 19.6 Å². The SMILES string of the molecule is CC(C)n1ncnc1-c1cn2c(n1)-c1cc(-c3cccnc3F)ccc1OCC2. The number of hydrogen-bond donors (Lipinski definition) is 0. The molecule has 1 aromatic carbocycles. The van der Waals surface area contributed by atoms with Crippen LogP contribution in [0.15, 0.2) is 49.1 Å². The molecule has 0 spiro atoms. The Balaban J connectivity index is 1.65. The lowest BCUT2D eigenvalue weighted by atomic mass is 10.0. The van der Waals surface area contributed by atoms with Crippen LogP contribution in [0, 0.1) is 5.95 Å². The number of benzene rings is 1. The minimum atomic E-state index is -0.504. The summed E-state index contributed by atoms with van der Waals surface area (Å²) in [7, 11) is 0. The summed E-state index contributed by atoms with van der Waals surface area (Å²) in [6, 6.07) is 9.20. The predicted octanol–water partition coefficient (Wildman–Crippen LogP) is 3.98. The number of aromatic nitrogens is 6. The molecule has 1 aliphatic rings. The highest BCUT2D eigenvalue weighted by Gasteiger charge is 2.22. The highest BCUT2D eigenvalue weighted by atomic mass is 19.1. The van der Waals surface area contributed by atoms with Crippen LogP contribution in [-0.2, 0) is 6.54 Å². The van der Waals surface area contributed by atoms with Gasteiger partial charge in [-0.3, -0.25) is 0 Å². The molecule has 0 amide bonds. The van der Waals surface area contributed by atoms with E-state index in [1.165, 1.54) is 6.20 Å². The van der Waals surface area contributed by atoms with Gasteiger partial charge >= 0.3 is 0 Å². The van der Waals surface area contributed by atoms with Crippen LogP contribution in [0.3, 0.4) is 0 Å². The standard InChI is InChI=1S/C21H19FN6O/c1-13(2)28-21(24-12-25-28)17-11-27-8-9-29-18-6-5-14(10-16(18)20(27)26-17)15-4-3-7-23-19(15)22/h3-7,10-13H,8-9H2,1-2H3. The molecule has 8 heteroatoms. The number of ether oxygens (including phenoxy) is 1. The zero-order valence-electron chi connectivity index (χ0n) is 16.1. The maximum Gasteiger partial charge on any atom is 0.220 e. The first-order valence-electron chi connectivity index (χ1n) is 9.47. The number of halogens is 1. The molecule has 0 atom stereocenters. The third-order valence-corrected chi connectivity index (χ3v) is 4.95. The number of hydrogen-bond acceptors (Lipinski definition) is 5. The molecule has 5 rings (SSSR count). The fourth-order valence-electron chi connectivity index (χ4n) is 3.57. The molecule has 3 aromatic heterocycles. The van der Waals surface area contributed by atoms with Gasteiger partial charge in [-0.1, -0.05) is 6.07 Å². The Morgan fingerprint density at radius 1 is 1.10 bits per heavy atom. The van der Waals surface area contributed by atoms with Crippen molar-refractivity contribution >= 4 is 0 Å². The smallest absolute Gasteiger partial charge is 0.220 e. The summed E-state index contributed by atoms with van der Waals surface area (Å²) in [5.74, 6) is 1.70. The summed E-state index contributed by atoms with van der Waals surface area (Å²) in [5, 5.41) is 4.31. The fraction of sp³-hybridized carbons (Fsp3) is 0.238. The van der Waals surface area contributed by atoms with Crippen molar-refractivity contribution in [1.82, 2.24) is 29.3 Å². The lowest BCUT2D eigenvalue weighted by molar-refractivity contribution is 0.306.